The highest BCUT2D eigenvalue weighted by molar-refractivity contribution is 6.43. The zero-order valence-corrected chi connectivity index (χ0v) is 17.2. The third kappa shape index (κ3) is 5.42. The molecule has 0 N–H and O–H groups in total. The fraction of sp³-hybridized carbons (Fsp3) is 0.579. The third-order valence-electron chi connectivity index (χ3n) is 3.90. The van der Waals surface area contributed by atoms with Gasteiger partial charge in [-0.15, -0.1) is 0 Å². The first-order chi connectivity index (χ1) is 13.4. The topological polar surface area (TPSA) is 124 Å². The number of hydrogen-bond acceptors (Lipinski definition) is 10. The van der Waals surface area contributed by atoms with Gasteiger partial charge < -0.3 is 28.4 Å². The van der Waals surface area contributed by atoms with Crippen LogP contribution in [0.15, 0.2) is 22.9 Å². The van der Waals surface area contributed by atoms with Gasteiger partial charge in [0.15, 0.2) is 5.76 Å². The van der Waals surface area contributed by atoms with Crippen molar-refractivity contribution < 1.29 is 47.6 Å². The van der Waals surface area contributed by atoms with E-state index in [9.17, 15) is 19.2 Å². The maximum atomic E-state index is 12.4. The van der Waals surface area contributed by atoms with Crippen molar-refractivity contribution in [3.8, 4) is 0 Å². The highest BCUT2D eigenvalue weighted by atomic mass is 16.7. The number of rotatable bonds is 6. The molecule has 0 unspecified atom stereocenters. The summed E-state index contributed by atoms with van der Waals surface area (Å²) in [6.07, 6.45) is 0. The molecule has 0 saturated carbocycles. The van der Waals surface area contributed by atoms with Crippen molar-refractivity contribution in [2.24, 2.45) is 0 Å². The second-order valence-electron chi connectivity index (χ2n) is 7.15. The van der Waals surface area contributed by atoms with Crippen LogP contribution in [0, 0.1) is 0 Å². The molecule has 2 heterocycles. The smallest absolute Gasteiger partial charge is 0.385 e. The van der Waals surface area contributed by atoms with E-state index in [2.05, 4.69) is 4.74 Å². The molecule has 0 aliphatic carbocycles. The number of carbonyl (C=O) groups is 4. The van der Waals surface area contributed by atoms with Crippen molar-refractivity contribution in [2.45, 2.75) is 53.1 Å². The van der Waals surface area contributed by atoms with Gasteiger partial charge in [0.25, 0.3) is 5.78 Å². The van der Waals surface area contributed by atoms with Crippen molar-refractivity contribution in [2.75, 3.05) is 19.8 Å². The molecule has 0 amide bonds. The van der Waals surface area contributed by atoms with E-state index in [-0.39, 0.29) is 36.9 Å². The number of carbonyl (C=O) groups excluding carboxylic acids is 4. The molecule has 0 spiro atoms. The Hall–Kier alpha value is -2.72. The van der Waals surface area contributed by atoms with E-state index in [1.54, 1.807) is 27.7 Å². The second kappa shape index (κ2) is 8.34. The first-order valence-corrected chi connectivity index (χ1v) is 8.93. The molecular weight excluding hydrogens is 388 g/mol. The number of ether oxygens (including phenoxy) is 6. The van der Waals surface area contributed by atoms with E-state index in [0.717, 1.165) is 0 Å². The van der Waals surface area contributed by atoms with Crippen LogP contribution in [0.5, 0.6) is 0 Å². The summed E-state index contributed by atoms with van der Waals surface area (Å²) in [4.78, 5) is 49.1. The monoisotopic (exact) mass is 412 g/mol. The Balaban J connectivity index is 2.27. The number of ketones is 2. The number of hydrogen-bond donors (Lipinski definition) is 0. The van der Waals surface area contributed by atoms with Crippen LogP contribution in [0.1, 0.15) is 41.5 Å². The Morgan fingerprint density at radius 3 is 1.83 bits per heavy atom. The highest BCUT2D eigenvalue weighted by Crippen LogP contribution is 2.29. The molecule has 2 aliphatic heterocycles. The molecule has 0 aromatic carbocycles. The fourth-order valence-corrected chi connectivity index (χ4v) is 2.42. The molecule has 29 heavy (non-hydrogen) atoms. The first-order valence-electron chi connectivity index (χ1n) is 8.93. The van der Waals surface area contributed by atoms with Crippen molar-refractivity contribution in [1.82, 2.24) is 0 Å². The van der Waals surface area contributed by atoms with E-state index < -0.39 is 40.8 Å². The summed E-state index contributed by atoms with van der Waals surface area (Å²) in [7, 11) is 0. The molecule has 0 atom stereocenters. The van der Waals surface area contributed by atoms with Gasteiger partial charge in [-0.1, -0.05) is 0 Å². The van der Waals surface area contributed by atoms with Crippen LogP contribution in [-0.2, 0) is 47.6 Å². The lowest BCUT2D eigenvalue weighted by Crippen LogP contribution is -2.28. The lowest BCUT2D eigenvalue weighted by molar-refractivity contribution is -0.157. The lowest BCUT2D eigenvalue weighted by Gasteiger charge is -2.16. The molecule has 2 fully saturated rings. The molecule has 160 valence electrons. The Morgan fingerprint density at radius 2 is 1.38 bits per heavy atom. The van der Waals surface area contributed by atoms with Crippen molar-refractivity contribution >= 4 is 23.5 Å². The molecule has 0 bridgehead atoms. The molecule has 2 rings (SSSR count). The largest absolute Gasteiger partial charge is 0.464 e. The van der Waals surface area contributed by atoms with Crippen LogP contribution < -0.4 is 0 Å². The standard InChI is InChI=1S/C19H24O10/c1-7-24-16(22)14(21)15(12-9-26-19(5,6)29-12)27-17(23)13(20)10(2)11-8-25-18(3,4)28-11/h7-9H2,1-6H3. The minimum absolute atomic E-state index is 0.00129. The number of esters is 2. The lowest BCUT2D eigenvalue weighted by atomic mass is 10.1. The average Bonchev–Trinajstić information content (AvgIpc) is 3.18. The van der Waals surface area contributed by atoms with Gasteiger partial charge in [0, 0.05) is 33.3 Å². The summed E-state index contributed by atoms with van der Waals surface area (Å²) in [5, 5.41) is 0. The van der Waals surface area contributed by atoms with Crippen LogP contribution in [-0.4, -0.2) is 54.9 Å². The van der Waals surface area contributed by atoms with Crippen LogP contribution in [0.2, 0.25) is 0 Å². The predicted molar refractivity (Wildman–Crippen MR) is 94.7 cm³/mol. The average molecular weight is 412 g/mol. The van der Waals surface area contributed by atoms with Crippen molar-refractivity contribution in [3.05, 3.63) is 22.9 Å². The highest BCUT2D eigenvalue weighted by Gasteiger charge is 2.39. The van der Waals surface area contributed by atoms with Gasteiger partial charge in [-0.3, -0.25) is 9.59 Å². The van der Waals surface area contributed by atoms with Crippen LogP contribution in [0.4, 0.5) is 0 Å². The van der Waals surface area contributed by atoms with Gasteiger partial charge in [-0.25, -0.2) is 9.59 Å². The molecule has 0 aromatic heterocycles. The van der Waals surface area contributed by atoms with Crippen LogP contribution in [0.25, 0.3) is 0 Å². The molecule has 10 nitrogen and oxygen atoms in total. The van der Waals surface area contributed by atoms with E-state index in [4.69, 9.17) is 23.7 Å². The number of Topliss-reactive ketones (excluding diaryl/α,β-unsaturated/α-hetero) is 2. The van der Waals surface area contributed by atoms with Gasteiger partial charge in [0.1, 0.15) is 19.0 Å². The molecule has 0 radical (unpaired) electrons. The Morgan fingerprint density at radius 1 is 0.862 bits per heavy atom. The van der Waals surface area contributed by atoms with Crippen LogP contribution in [0.3, 0.4) is 0 Å². The Bertz CT molecular complexity index is 800. The van der Waals surface area contributed by atoms with Gasteiger partial charge in [0.2, 0.25) is 17.3 Å². The second-order valence-corrected chi connectivity index (χ2v) is 7.15. The molecule has 10 heteroatoms. The van der Waals surface area contributed by atoms with E-state index in [1.165, 1.54) is 13.8 Å². The summed E-state index contributed by atoms with van der Waals surface area (Å²) >= 11 is 0. The predicted octanol–water partition coefficient (Wildman–Crippen LogP) is 1.28. The molecule has 2 aliphatic rings. The van der Waals surface area contributed by atoms with E-state index in [0.29, 0.717) is 0 Å². The van der Waals surface area contributed by atoms with E-state index in [1.807, 2.05) is 0 Å². The zero-order valence-electron chi connectivity index (χ0n) is 17.2. The zero-order chi connectivity index (χ0) is 22.0. The summed E-state index contributed by atoms with van der Waals surface area (Å²) in [5.41, 5.74) is -0.0440. The molecule has 0 aromatic rings. The quantitative estimate of drug-likeness (QED) is 0.273. The minimum atomic E-state index is -1.39. The summed E-state index contributed by atoms with van der Waals surface area (Å²) in [5.74, 6) is -7.80. The Labute approximate surface area is 167 Å². The van der Waals surface area contributed by atoms with Gasteiger partial charge in [-0.05, 0) is 13.8 Å². The normalized spacial score (nSPS) is 22.8. The minimum Gasteiger partial charge on any atom is -0.464 e. The maximum Gasteiger partial charge on any atom is 0.385 e. The van der Waals surface area contributed by atoms with Gasteiger partial charge in [-0.2, -0.15) is 0 Å². The summed E-state index contributed by atoms with van der Waals surface area (Å²) < 4.78 is 31.1. The Kier molecular flexibility index (Phi) is 6.49. The fourth-order valence-electron chi connectivity index (χ4n) is 2.42. The van der Waals surface area contributed by atoms with Gasteiger partial charge >= 0.3 is 17.7 Å². The molecule has 2 saturated heterocycles. The van der Waals surface area contributed by atoms with Crippen molar-refractivity contribution in [3.63, 3.8) is 0 Å². The van der Waals surface area contributed by atoms with Crippen molar-refractivity contribution in [1.29, 1.82) is 0 Å². The van der Waals surface area contributed by atoms with Gasteiger partial charge in [0.05, 0.1) is 6.61 Å². The SMILES string of the molecule is CCOC(=O)C(=O)C(OC(=O)C(=O)C(C)=C1COC(C)(C)O1)=C1COC(C)(C)O1. The van der Waals surface area contributed by atoms with Crippen LogP contribution >= 0.6 is 0 Å². The summed E-state index contributed by atoms with van der Waals surface area (Å²) in [6.45, 7) is 8.99. The third-order valence-corrected chi connectivity index (χ3v) is 3.90. The van der Waals surface area contributed by atoms with E-state index >= 15 is 0 Å². The first kappa shape index (κ1) is 22.6. The molecular formula is C19H24O10. The summed E-state index contributed by atoms with van der Waals surface area (Å²) in [6, 6.07) is 0. The maximum absolute atomic E-state index is 12.4.